The molecule has 3 rings (SSSR count). The lowest BCUT2D eigenvalue weighted by Crippen LogP contribution is -2.41. The van der Waals surface area contributed by atoms with Gasteiger partial charge in [0.1, 0.15) is 5.75 Å². The maximum atomic E-state index is 11.7. The number of nitrogens with zero attached hydrogens (tertiary/aromatic N) is 2. The molecule has 0 unspecified atom stereocenters. The molecule has 2 N–H and O–H groups in total. The number of ether oxygens (including phenoxy) is 2. The van der Waals surface area contributed by atoms with Gasteiger partial charge in [-0.05, 0) is 55.7 Å². The molecular weight excluding hydrogens is 495 g/mol. The number of carbonyl (C=O) groups is 1. The Bertz CT molecular complexity index is 675. The molecule has 0 saturated heterocycles. The van der Waals surface area contributed by atoms with Gasteiger partial charge in [0.2, 0.25) is 0 Å². The number of nitrogens with one attached hydrogen (secondary N) is 2. The Morgan fingerprint density at radius 2 is 1.93 bits per heavy atom. The first-order valence-electron chi connectivity index (χ1n) is 10.6. The summed E-state index contributed by atoms with van der Waals surface area (Å²) in [6.07, 6.45) is 5.70. The topological polar surface area (TPSA) is 75.2 Å². The van der Waals surface area contributed by atoms with Crippen molar-refractivity contribution in [1.82, 2.24) is 15.5 Å². The minimum atomic E-state index is -0.0470. The zero-order valence-electron chi connectivity index (χ0n) is 18.1. The van der Waals surface area contributed by atoms with E-state index in [-0.39, 0.29) is 36.5 Å². The van der Waals surface area contributed by atoms with Gasteiger partial charge in [-0.25, -0.2) is 0 Å². The van der Waals surface area contributed by atoms with Gasteiger partial charge in [0.05, 0.1) is 6.61 Å². The summed E-state index contributed by atoms with van der Waals surface area (Å²) >= 11 is 0. The van der Waals surface area contributed by atoms with Crippen LogP contribution < -0.4 is 15.4 Å². The van der Waals surface area contributed by atoms with Crippen molar-refractivity contribution in [2.75, 3.05) is 47.0 Å². The number of benzene rings is 1. The van der Waals surface area contributed by atoms with Crippen molar-refractivity contribution in [1.29, 1.82) is 0 Å². The Hall–Kier alpha value is -1.55. The zero-order valence-corrected chi connectivity index (χ0v) is 20.4. The molecule has 1 aromatic carbocycles. The van der Waals surface area contributed by atoms with Gasteiger partial charge < -0.3 is 25.0 Å². The Morgan fingerprint density at radius 3 is 2.57 bits per heavy atom. The number of hydrogen-bond donors (Lipinski definition) is 2. The smallest absolute Gasteiger partial charge is 0.258 e. The maximum absolute atomic E-state index is 11.7. The molecule has 30 heavy (non-hydrogen) atoms. The fourth-order valence-corrected chi connectivity index (χ4v) is 2.94. The molecule has 0 radical (unpaired) electrons. The molecule has 2 aliphatic rings. The molecule has 1 aromatic rings. The zero-order chi connectivity index (χ0) is 20.5. The predicted molar refractivity (Wildman–Crippen MR) is 130 cm³/mol. The lowest BCUT2D eigenvalue weighted by atomic mass is 10.1. The van der Waals surface area contributed by atoms with E-state index in [1.807, 2.05) is 31.3 Å². The minimum absolute atomic E-state index is 0. The predicted octanol–water partition coefficient (Wildman–Crippen LogP) is 2.44. The van der Waals surface area contributed by atoms with Crippen molar-refractivity contribution in [3.63, 3.8) is 0 Å². The quantitative estimate of drug-likeness (QED) is 0.188. The second-order valence-corrected chi connectivity index (χ2v) is 7.94. The molecule has 8 heteroatoms. The van der Waals surface area contributed by atoms with E-state index in [4.69, 9.17) is 9.47 Å². The third kappa shape index (κ3) is 9.51. The fourth-order valence-electron chi connectivity index (χ4n) is 2.94. The van der Waals surface area contributed by atoms with Crippen LogP contribution in [0.1, 0.15) is 31.2 Å². The Balaban J connectivity index is 0.00000320. The van der Waals surface area contributed by atoms with Crippen molar-refractivity contribution in [3.8, 4) is 5.75 Å². The molecule has 0 aromatic heterocycles. The molecule has 2 fully saturated rings. The van der Waals surface area contributed by atoms with Gasteiger partial charge in [-0.3, -0.25) is 9.79 Å². The molecule has 0 aliphatic heterocycles. The molecule has 0 spiro atoms. The Kier molecular flexibility index (Phi) is 10.7. The summed E-state index contributed by atoms with van der Waals surface area (Å²) in [6.45, 7) is 3.32. The van der Waals surface area contributed by atoms with Gasteiger partial charge in [-0.2, -0.15) is 0 Å². The molecule has 0 bridgehead atoms. The molecule has 1 amide bonds. The van der Waals surface area contributed by atoms with E-state index < -0.39 is 0 Å². The third-order valence-corrected chi connectivity index (χ3v) is 5.13. The second-order valence-electron chi connectivity index (χ2n) is 7.94. The van der Waals surface area contributed by atoms with Crippen LogP contribution in [0.2, 0.25) is 0 Å². The molecule has 0 heterocycles. The average molecular weight is 530 g/mol. The molecule has 2 aliphatic carbocycles. The Morgan fingerprint density at radius 1 is 1.20 bits per heavy atom. The van der Waals surface area contributed by atoms with Gasteiger partial charge >= 0.3 is 0 Å². The van der Waals surface area contributed by atoms with Gasteiger partial charge in [0, 0.05) is 39.8 Å². The summed E-state index contributed by atoms with van der Waals surface area (Å²) in [5.74, 6) is 2.35. The summed E-state index contributed by atoms with van der Waals surface area (Å²) in [6, 6.07) is 8.27. The average Bonchev–Trinajstić information content (AvgIpc) is 3.64. The number of rotatable bonds is 12. The first kappa shape index (κ1) is 24.7. The monoisotopic (exact) mass is 530 g/mol. The number of amides is 1. The largest absolute Gasteiger partial charge is 0.484 e. The van der Waals surface area contributed by atoms with E-state index in [0.29, 0.717) is 6.04 Å². The lowest BCUT2D eigenvalue weighted by Gasteiger charge is -2.22. The van der Waals surface area contributed by atoms with Gasteiger partial charge in [-0.15, -0.1) is 24.0 Å². The highest BCUT2D eigenvalue weighted by atomic mass is 127. The summed E-state index contributed by atoms with van der Waals surface area (Å²) in [7, 11) is 3.83. The highest BCUT2D eigenvalue weighted by molar-refractivity contribution is 14.0. The van der Waals surface area contributed by atoms with Crippen LogP contribution in [0.3, 0.4) is 0 Å². The van der Waals surface area contributed by atoms with Crippen LogP contribution in [0.15, 0.2) is 29.3 Å². The van der Waals surface area contributed by atoms with Crippen LogP contribution in [-0.2, 0) is 16.0 Å². The third-order valence-electron chi connectivity index (χ3n) is 5.13. The van der Waals surface area contributed by atoms with Crippen LogP contribution >= 0.6 is 24.0 Å². The molecule has 0 atom stereocenters. The maximum Gasteiger partial charge on any atom is 0.258 e. The first-order valence-corrected chi connectivity index (χ1v) is 10.6. The highest BCUT2D eigenvalue weighted by Crippen LogP contribution is 2.28. The van der Waals surface area contributed by atoms with Crippen LogP contribution in [-0.4, -0.2) is 69.8 Å². The Labute approximate surface area is 197 Å². The van der Waals surface area contributed by atoms with Crippen molar-refractivity contribution in [2.45, 2.75) is 38.1 Å². The number of carbonyl (C=O) groups excluding carboxylic acids is 1. The van der Waals surface area contributed by atoms with Crippen LogP contribution in [0.5, 0.6) is 5.75 Å². The van der Waals surface area contributed by atoms with Gasteiger partial charge in [0.15, 0.2) is 12.6 Å². The number of likely N-dealkylation sites (N-methyl/N-ethyl adjacent to an activating group) is 1. The minimum Gasteiger partial charge on any atom is -0.484 e. The van der Waals surface area contributed by atoms with E-state index in [9.17, 15) is 4.79 Å². The number of guanidine groups is 1. The van der Waals surface area contributed by atoms with E-state index in [0.717, 1.165) is 63.2 Å². The standard InChI is InChI=1S/C22H34N4O3.HI/c1-23-22(26(2)13-14-28-15-18-3-4-18)24-12-11-17-5-9-20(10-6-17)29-16-21(27)25-19-7-8-19;/h5-6,9-10,18-19H,3-4,7-8,11-16H2,1-2H3,(H,23,24)(H,25,27);1H. The van der Waals surface area contributed by atoms with Crippen molar-refractivity contribution < 1.29 is 14.3 Å². The van der Waals surface area contributed by atoms with Crippen molar-refractivity contribution >= 4 is 35.8 Å². The van der Waals surface area contributed by atoms with E-state index in [2.05, 4.69) is 20.5 Å². The summed E-state index contributed by atoms with van der Waals surface area (Å²) in [4.78, 5) is 18.1. The fraction of sp³-hybridized carbons (Fsp3) is 0.636. The van der Waals surface area contributed by atoms with Crippen LogP contribution in [0.4, 0.5) is 0 Å². The number of halogens is 1. The molecule has 2 saturated carbocycles. The van der Waals surface area contributed by atoms with Crippen LogP contribution in [0.25, 0.3) is 0 Å². The van der Waals surface area contributed by atoms with Gasteiger partial charge in [-0.1, -0.05) is 12.1 Å². The van der Waals surface area contributed by atoms with E-state index in [1.54, 1.807) is 7.05 Å². The normalized spacial score (nSPS) is 15.9. The SMILES string of the molecule is CN=C(NCCc1ccc(OCC(=O)NC2CC2)cc1)N(C)CCOCC1CC1.I. The lowest BCUT2D eigenvalue weighted by molar-refractivity contribution is -0.123. The summed E-state index contributed by atoms with van der Waals surface area (Å²) in [5, 5.41) is 6.31. The van der Waals surface area contributed by atoms with Crippen molar-refractivity contribution in [3.05, 3.63) is 29.8 Å². The molecule has 7 nitrogen and oxygen atoms in total. The number of aliphatic imine (C=N–C) groups is 1. The summed E-state index contributed by atoms with van der Waals surface area (Å²) < 4.78 is 11.2. The highest BCUT2D eigenvalue weighted by Gasteiger charge is 2.23. The first-order chi connectivity index (χ1) is 14.1. The molecular formula is C22H35IN4O3. The van der Waals surface area contributed by atoms with E-state index >= 15 is 0 Å². The number of hydrogen-bond acceptors (Lipinski definition) is 4. The molecule has 168 valence electrons. The van der Waals surface area contributed by atoms with E-state index in [1.165, 1.54) is 18.4 Å². The van der Waals surface area contributed by atoms with Gasteiger partial charge in [0.25, 0.3) is 5.91 Å². The second kappa shape index (κ2) is 13.0. The van der Waals surface area contributed by atoms with Crippen LogP contribution in [0, 0.1) is 5.92 Å². The summed E-state index contributed by atoms with van der Waals surface area (Å²) in [5.41, 5.74) is 1.21. The van der Waals surface area contributed by atoms with Crippen molar-refractivity contribution in [2.24, 2.45) is 10.9 Å².